The second-order valence-electron chi connectivity index (χ2n) is 2.77. The second kappa shape index (κ2) is 3.90. The molecule has 2 aromatic rings. The van der Waals surface area contributed by atoms with Crippen molar-refractivity contribution in [3.05, 3.63) is 38.3 Å². The Morgan fingerprint density at radius 2 is 2.29 bits per heavy atom. The molecule has 3 nitrogen and oxygen atoms in total. The molecule has 0 aromatic carbocycles. The van der Waals surface area contributed by atoms with E-state index < -0.39 is 0 Å². The van der Waals surface area contributed by atoms with E-state index in [4.69, 9.17) is 28.9 Å². The molecule has 0 radical (unpaired) electrons. The maximum Gasteiger partial charge on any atom is 0.0995 e. The van der Waals surface area contributed by atoms with Gasteiger partial charge in [0.05, 0.1) is 20.4 Å². The average molecular weight is 248 g/mol. The fraction of sp³-hybridized carbons (Fsp3) is 0.125. The third-order valence-electron chi connectivity index (χ3n) is 1.88. The summed E-state index contributed by atoms with van der Waals surface area (Å²) in [6.45, 7) is 0. The molecule has 0 saturated carbocycles. The number of thiophene rings is 1. The van der Waals surface area contributed by atoms with Crippen molar-refractivity contribution < 1.29 is 0 Å². The first-order valence-electron chi connectivity index (χ1n) is 3.88. The van der Waals surface area contributed by atoms with E-state index in [0.29, 0.717) is 8.67 Å². The number of halogens is 2. The molecule has 3 N–H and O–H groups in total. The van der Waals surface area contributed by atoms with Crippen LogP contribution in [0.2, 0.25) is 8.67 Å². The van der Waals surface area contributed by atoms with Gasteiger partial charge in [-0.25, -0.2) is 0 Å². The van der Waals surface area contributed by atoms with Crippen molar-refractivity contribution in [2.45, 2.75) is 6.04 Å². The maximum absolute atomic E-state index is 5.98. The molecule has 0 aliphatic heterocycles. The van der Waals surface area contributed by atoms with E-state index in [1.54, 1.807) is 12.3 Å². The summed E-state index contributed by atoms with van der Waals surface area (Å²) in [6, 6.07) is 3.29. The molecule has 0 amide bonds. The number of nitrogens with one attached hydrogen (secondary N) is 1. The zero-order chi connectivity index (χ0) is 10.1. The molecule has 2 heterocycles. The monoisotopic (exact) mass is 247 g/mol. The molecule has 0 saturated heterocycles. The smallest absolute Gasteiger partial charge is 0.0995 e. The first-order valence-corrected chi connectivity index (χ1v) is 5.45. The third-order valence-corrected chi connectivity index (χ3v) is 3.39. The highest BCUT2D eigenvalue weighted by molar-refractivity contribution is 7.20. The number of H-pyrrole nitrogens is 1. The largest absolute Gasteiger partial charge is 0.319 e. The summed E-state index contributed by atoms with van der Waals surface area (Å²) in [7, 11) is 0. The number of hydrogen-bond donors (Lipinski definition) is 2. The van der Waals surface area contributed by atoms with E-state index in [-0.39, 0.29) is 6.04 Å². The Labute approximate surface area is 94.8 Å². The minimum absolute atomic E-state index is 0.297. The van der Waals surface area contributed by atoms with E-state index >= 15 is 0 Å². The highest BCUT2D eigenvalue weighted by Gasteiger charge is 2.16. The first-order chi connectivity index (χ1) is 6.68. The lowest BCUT2D eigenvalue weighted by molar-refractivity contribution is 0.820. The Balaban J connectivity index is 2.36. The molecule has 0 bridgehead atoms. The average Bonchev–Trinajstić information content (AvgIpc) is 2.73. The second-order valence-corrected chi connectivity index (χ2v) is 5.05. The normalized spacial score (nSPS) is 13.1. The van der Waals surface area contributed by atoms with Crippen molar-refractivity contribution in [1.82, 2.24) is 10.2 Å². The maximum atomic E-state index is 5.98. The van der Waals surface area contributed by atoms with Crippen molar-refractivity contribution in [2.24, 2.45) is 5.73 Å². The molecule has 1 unspecified atom stereocenters. The number of hydrogen-bond acceptors (Lipinski definition) is 3. The van der Waals surface area contributed by atoms with Crippen molar-refractivity contribution >= 4 is 34.5 Å². The van der Waals surface area contributed by atoms with Gasteiger partial charge in [-0.05, 0) is 12.1 Å². The number of nitrogens with two attached hydrogens (primary N) is 1. The van der Waals surface area contributed by atoms with E-state index in [9.17, 15) is 0 Å². The summed E-state index contributed by atoms with van der Waals surface area (Å²) in [6.07, 6.45) is 1.65. The molecule has 2 aromatic heterocycles. The molecule has 0 aliphatic carbocycles. The van der Waals surface area contributed by atoms with Crippen LogP contribution in [-0.4, -0.2) is 10.2 Å². The Hall–Kier alpha value is -0.550. The Kier molecular flexibility index (Phi) is 2.78. The van der Waals surface area contributed by atoms with Crippen molar-refractivity contribution in [3.63, 3.8) is 0 Å². The van der Waals surface area contributed by atoms with Gasteiger partial charge in [-0.3, -0.25) is 5.10 Å². The van der Waals surface area contributed by atoms with Crippen LogP contribution in [0.1, 0.15) is 17.3 Å². The Bertz CT molecular complexity index is 424. The van der Waals surface area contributed by atoms with Gasteiger partial charge in [-0.2, -0.15) is 5.10 Å². The number of aromatic nitrogens is 2. The van der Waals surface area contributed by atoms with Crippen LogP contribution in [0.5, 0.6) is 0 Å². The van der Waals surface area contributed by atoms with Crippen molar-refractivity contribution in [1.29, 1.82) is 0 Å². The number of aromatic amines is 1. The van der Waals surface area contributed by atoms with Gasteiger partial charge in [0.15, 0.2) is 0 Å². The van der Waals surface area contributed by atoms with Gasteiger partial charge in [-0.15, -0.1) is 11.3 Å². The molecule has 6 heteroatoms. The SMILES string of the molecule is NC(c1ccn[nH]1)c1cc(Cl)sc1Cl. The zero-order valence-electron chi connectivity index (χ0n) is 7.00. The summed E-state index contributed by atoms with van der Waals surface area (Å²) in [5.74, 6) is 0. The Morgan fingerprint density at radius 3 is 2.79 bits per heavy atom. The van der Waals surface area contributed by atoms with E-state index in [0.717, 1.165) is 11.3 Å². The summed E-state index contributed by atoms with van der Waals surface area (Å²) in [4.78, 5) is 0. The van der Waals surface area contributed by atoms with Crippen LogP contribution in [0.4, 0.5) is 0 Å². The molecule has 14 heavy (non-hydrogen) atoms. The fourth-order valence-electron chi connectivity index (χ4n) is 1.17. The van der Waals surface area contributed by atoms with Crippen molar-refractivity contribution in [3.8, 4) is 0 Å². The highest BCUT2D eigenvalue weighted by Crippen LogP contribution is 2.35. The van der Waals surface area contributed by atoms with Gasteiger partial charge in [0.25, 0.3) is 0 Å². The lowest BCUT2D eigenvalue weighted by Gasteiger charge is -2.07. The minimum Gasteiger partial charge on any atom is -0.319 e. The topological polar surface area (TPSA) is 54.7 Å². The fourth-order valence-corrected chi connectivity index (χ4v) is 2.72. The van der Waals surface area contributed by atoms with E-state index in [1.165, 1.54) is 11.3 Å². The number of rotatable bonds is 2. The lowest BCUT2D eigenvalue weighted by atomic mass is 10.1. The highest BCUT2D eigenvalue weighted by atomic mass is 35.5. The van der Waals surface area contributed by atoms with Crippen molar-refractivity contribution in [2.75, 3.05) is 0 Å². The molecular weight excluding hydrogens is 241 g/mol. The molecule has 0 fully saturated rings. The standard InChI is InChI=1S/C8H7Cl2N3S/c9-6-3-4(8(10)14-6)7(11)5-1-2-12-13-5/h1-3,7H,11H2,(H,12,13). The predicted octanol–water partition coefficient (Wildman–Crippen LogP) is 2.83. The molecule has 2 rings (SSSR count). The van der Waals surface area contributed by atoms with Gasteiger partial charge >= 0.3 is 0 Å². The van der Waals surface area contributed by atoms with Crippen LogP contribution < -0.4 is 5.73 Å². The van der Waals surface area contributed by atoms with Gasteiger partial charge in [0, 0.05) is 11.8 Å². The molecule has 1 atom stereocenters. The quantitative estimate of drug-likeness (QED) is 0.858. The summed E-state index contributed by atoms with van der Waals surface area (Å²) < 4.78 is 1.26. The summed E-state index contributed by atoms with van der Waals surface area (Å²) in [5, 5.41) is 6.63. The molecular formula is C8H7Cl2N3S. The van der Waals surface area contributed by atoms with Crippen LogP contribution in [0.25, 0.3) is 0 Å². The van der Waals surface area contributed by atoms with Gasteiger partial charge in [0.1, 0.15) is 0 Å². The van der Waals surface area contributed by atoms with E-state index in [1.807, 2.05) is 6.07 Å². The van der Waals surface area contributed by atoms with E-state index in [2.05, 4.69) is 10.2 Å². The van der Waals surface area contributed by atoms with Gasteiger partial charge in [0.2, 0.25) is 0 Å². The van der Waals surface area contributed by atoms with Crippen LogP contribution in [-0.2, 0) is 0 Å². The van der Waals surface area contributed by atoms with Gasteiger partial charge in [-0.1, -0.05) is 23.2 Å². The molecule has 0 spiro atoms. The van der Waals surface area contributed by atoms with Crippen LogP contribution in [0, 0.1) is 0 Å². The Morgan fingerprint density at radius 1 is 1.50 bits per heavy atom. The summed E-state index contributed by atoms with van der Waals surface area (Å²) >= 11 is 13.1. The van der Waals surface area contributed by atoms with Crippen LogP contribution >= 0.6 is 34.5 Å². The van der Waals surface area contributed by atoms with Crippen LogP contribution in [0.3, 0.4) is 0 Å². The third kappa shape index (κ3) is 1.79. The summed E-state index contributed by atoms with van der Waals surface area (Å²) in [5.41, 5.74) is 7.61. The lowest BCUT2D eigenvalue weighted by Crippen LogP contribution is -2.11. The molecule has 74 valence electrons. The van der Waals surface area contributed by atoms with Gasteiger partial charge < -0.3 is 5.73 Å². The number of nitrogens with zero attached hydrogens (tertiary/aromatic N) is 1. The van der Waals surface area contributed by atoms with Crippen LogP contribution in [0.15, 0.2) is 18.3 Å². The zero-order valence-corrected chi connectivity index (χ0v) is 9.33. The molecule has 0 aliphatic rings. The minimum atomic E-state index is -0.297. The first kappa shape index (κ1) is 9.98. The predicted molar refractivity (Wildman–Crippen MR) is 59.0 cm³/mol.